The number of aliphatic hydroxyl groups excluding tert-OH is 2. The van der Waals surface area contributed by atoms with E-state index in [0.29, 0.717) is 53.7 Å². The van der Waals surface area contributed by atoms with Gasteiger partial charge in [-0.1, -0.05) is 54.4 Å². The van der Waals surface area contributed by atoms with E-state index < -0.39 is 28.8 Å². The van der Waals surface area contributed by atoms with E-state index in [0.717, 1.165) is 47.5 Å². The molecule has 0 bridgehead atoms. The Morgan fingerprint density at radius 1 is 0.955 bits per heavy atom. The van der Waals surface area contributed by atoms with Crippen LogP contribution in [0.4, 0.5) is 10.5 Å². The summed E-state index contributed by atoms with van der Waals surface area (Å²) >= 11 is 1.72. The zero-order valence-electron chi connectivity index (χ0n) is 37.5. The van der Waals surface area contributed by atoms with Crippen LogP contribution in [-0.4, -0.2) is 89.8 Å². The van der Waals surface area contributed by atoms with Gasteiger partial charge in [-0.15, -0.1) is 18.3 Å². The molecular formula is C51H57N3O12S. The summed E-state index contributed by atoms with van der Waals surface area (Å²) in [6.07, 6.45) is 7.66. The van der Waals surface area contributed by atoms with Crippen LogP contribution < -0.4 is 23.7 Å². The van der Waals surface area contributed by atoms with Crippen molar-refractivity contribution >= 4 is 29.3 Å². The second-order valence-corrected chi connectivity index (χ2v) is 18.1. The minimum absolute atomic E-state index is 0.00326. The van der Waals surface area contributed by atoms with E-state index in [9.17, 15) is 20.3 Å². The molecule has 0 saturated heterocycles. The zero-order chi connectivity index (χ0) is 46.8. The summed E-state index contributed by atoms with van der Waals surface area (Å²) in [5.41, 5.74) is 2.96. The molecule has 4 aromatic carbocycles. The zero-order valence-corrected chi connectivity index (χ0v) is 38.4. The highest BCUT2D eigenvalue weighted by atomic mass is 32.2. The number of fused-ring (bicyclic) bond motifs is 3. The summed E-state index contributed by atoms with van der Waals surface area (Å²) in [6, 6.07) is 25.9. The average Bonchev–Trinajstić information content (AvgIpc) is 3.82. The van der Waals surface area contributed by atoms with E-state index in [4.69, 9.17) is 33.3 Å². The summed E-state index contributed by atoms with van der Waals surface area (Å²) in [6.45, 7) is 4.75. The summed E-state index contributed by atoms with van der Waals surface area (Å²) in [7, 11) is 1.50. The number of aliphatic hydroxyl groups is 2. The molecular weight excluding hydrogens is 879 g/mol. The van der Waals surface area contributed by atoms with Gasteiger partial charge in [-0.2, -0.15) is 0 Å². The van der Waals surface area contributed by atoms with E-state index in [-0.39, 0.29) is 68.8 Å². The first-order valence-electron chi connectivity index (χ1n) is 22.8. The molecule has 2 aliphatic heterocycles. The summed E-state index contributed by atoms with van der Waals surface area (Å²) < 4.78 is 38.4. The Balaban J connectivity index is 1.27. The number of nitro benzene ring substituents is 1. The Morgan fingerprint density at radius 2 is 1.70 bits per heavy atom. The highest BCUT2D eigenvalue weighted by molar-refractivity contribution is 7.99. The maximum Gasteiger partial charge on any atom is 0.416 e. The van der Waals surface area contributed by atoms with Crippen LogP contribution in [0.2, 0.25) is 0 Å². The van der Waals surface area contributed by atoms with E-state index in [1.807, 2.05) is 42.5 Å². The second-order valence-electron chi connectivity index (χ2n) is 16.9. The number of allylic oxidation sites excluding steroid dienone is 1. The van der Waals surface area contributed by atoms with Crippen LogP contribution in [0.15, 0.2) is 125 Å². The van der Waals surface area contributed by atoms with Gasteiger partial charge >= 0.3 is 6.09 Å². The van der Waals surface area contributed by atoms with E-state index >= 15 is 4.79 Å². The van der Waals surface area contributed by atoms with Crippen molar-refractivity contribution in [2.24, 2.45) is 22.9 Å². The lowest BCUT2D eigenvalue weighted by atomic mass is 9.55. The Labute approximate surface area is 394 Å². The van der Waals surface area contributed by atoms with Gasteiger partial charge < -0.3 is 43.5 Å². The summed E-state index contributed by atoms with van der Waals surface area (Å²) in [4.78, 5) is 34.4. The Morgan fingerprint density at radius 3 is 2.45 bits per heavy atom. The predicted octanol–water partition coefficient (Wildman–Crippen LogP) is 9.46. The van der Waals surface area contributed by atoms with Crippen LogP contribution in [0.3, 0.4) is 0 Å². The maximum atomic E-state index is 15.0. The Hall–Kier alpha value is -6.07. The van der Waals surface area contributed by atoms with Crippen LogP contribution in [-0.2, 0) is 16.1 Å². The molecule has 8 rings (SSSR count). The molecule has 0 aromatic heterocycles. The molecule has 0 spiro atoms. The standard InChI is InChI=1S/C51H57N3O12S/c1-3-25-64-51-47(53(32-34-15-21-45-46(28-34)63-33-62-45)50(57)65-37-18-16-36(17-19-37)54(58)59)31-43(52-60-2)41-29-35(11-7-9-23-55)40(14-8-10-24-56)48(49(41)51)42-30-38(20-22-44(42)66-51)61-26-27-67-39-12-5-4-6-13-39/h3-6,12-13,15-22,28-30,35,40,47-49,55-56H,1,7-11,14,23-27,31-33H2,2H3. The van der Waals surface area contributed by atoms with Gasteiger partial charge in [0.25, 0.3) is 5.69 Å². The van der Waals surface area contributed by atoms with Crippen molar-refractivity contribution in [3.8, 4) is 28.7 Å². The smallest absolute Gasteiger partial charge is 0.416 e. The van der Waals surface area contributed by atoms with E-state index in [2.05, 4.69) is 36.0 Å². The number of hydrogen-bond acceptors (Lipinski definition) is 14. The molecule has 2 N–H and O–H groups in total. The minimum Gasteiger partial charge on any atom is -0.493 e. The van der Waals surface area contributed by atoms with Crippen molar-refractivity contribution in [1.82, 2.24) is 4.90 Å². The number of ether oxygens (including phenoxy) is 6. The number of rotatable bonds is 22. The SMILES string of the molecule is C=CCOC12Oc3ccc(OCCSc4ccccc4)cc3C3C(CCCCO)C(CCCCO)C=C(C(=NOC)CC1N(Cc1ccc4c(c1)OCO4)C(=O)Oc1ccc([N+](=O)[O-])cc1)C32. The molecule has 15 nitrogen and oxygen atoms in total. The maximum absolute atomic E-state index is 15.0. The molecule has 6 atom stereocenters. The number of carbonyl (C=O) groups excluding carboxylic acids is 1. The quantitative estimate of drug-likeness (QED) is 0.0250. The predicted molar refractivity (Wildman–Crippen MR) is 252 cm³/mol. The third-order valence-corrected chi connectivity index (χ3v) is 13.8. The molecule has 354 valence electrons. The molecule has 2 heterocycles. The first-order chi connectivity index (χ1) is 32.8. The van der Waals surface area contributed by atoms with Crippen LogP contribution in [0, 0.1) is 27.9 Å². The van der Waals surface area contributed by atoms with Gasteiger partial charge in [-0.3, -0.25) is 15.0 Å². The van der Waals surface area contributed by atoms with Crippen molar-refractivity contribution in [2.75, 3.05) is 46.1 Å². The number of unbranched alkanes of at least 4 members (excludes halogenated alkanes) is 2. The lowest BCUT2D eigenvalue weighted by Crippen LogP contribution is -2.70. The molecule has 1 saturated carbocycles. The van der Waals surface area contributed by atoms with Gasteiger partial charge in [0.05, 0.1) is 29.8 Å². The number of hydrogen-bond donors (Lipinski definition) is 2. The Kier molecular flexibility index (Phi) is 15.7. The monoisotopic (exact) mass is 935 g/mol. The molecule has 0 radical (unpaired) electrons. The highest BCUT2D eigenvalue weighted by Gasteiger charge is 2.65. The van der Waals surface area contributed by atoms with Crippen LogP contribution in [0.1, 0.15) is 62.0 Å². The fraction of sp³-hybridized carbons (Fsp3) is 0.412. The third kappa shape index (κ3) is 10.6. The van der Waals surface area contributed by atoms with Crippen molar-refractivity contribution in [3.05, 3.63) is 137 Å². The lowest BCUT2D eigenvalue weighted by Gasteiger charge is -2.59. The number of benzene rings is 4. The molecule has 16 heteroatoms. The average molecular weight is 936 g/mol. The molecule has 4 aliphatic rings. The van der Waals surface area contributed by atoms with Gasteiger partial charge in [0.1, 0.15) is 30.4 Å². The minimum atomic E-state index is -1.57. The molecule has 2 aliphatic carbocycles. The number of amides is 1. The number of carbonyl (C=O) groups is 1. The van der Waals surface area contributed by atoms with Crippen molar-refractivity contribution in [3.63, 3.8) is 0 Å². The first kappa shape index (κ1) is 47.4. The normalized spacial score (nSPS) is 22.7. The highest BCUT2D eigenvalue weighted by Crippen LogP contribution is 2.62. The van der Waals surface area contributed by atoms with Gasteiger partial charge in [-0.05, 0) is 103 Å². The van der Waals surface area contributed by atoms with Gasteiger partial charge in [0.15, 0.2) is 11.5 Å². The van der Waals surface area contributed by atoms with Crippen LogP contribution in [0.25, 0.3) is 0 Å². The molecule has 6 unspecified atom stereocenters. The Bertz CT molecular complexity index is 2420. The lowest BCUT2D eigenvalue weighted by molar-refractivity contribution is -0.384. The first-order valence-corrected chi connectivity index (χ1v) is 23.8. The van der Waals surface area contributed by atoms with Gasteiger partial charge in [0, 0.05) is 60.4 Å². The van der Waals surface area contributed by atoms with Crippen molar-refractivity contribution in [2.45, 2.75) is 74.1 Å². The molecule has 1 fully saturated rings. The fourth-order valence-corrected chi connectivity index (χ4v) is 10.8. The third-order valence-electron chi connectivity index (χ3n) is 12.9. The number of nitrogens with zero attached hydrogens (tertiary/aromatic N) is 3. The van der Waals surface area contributed by atoms with Crippen molar-refractivity contribution in [1.29, 1.82) is 0 Å². The topological polar surface area (TPSA) is 181 Å². The molecule has 67 heavy (non-hydrogen) atoms. The van der Waals surface area contributed by atoms with Crippen molar-refractivity contribution < 1.29 is 53.2 Å². The summed E-state index contributed by atoms with van der Waals surface area (Å²) in [5, 5.41) is 36.1. The van der Waals surface area contributed by atoms with Crippen LogP contribution >= 0.6 is 11.8 Å². The fourth-order valence-electron chi connectivity index (χ4n) is 10.0. The number of nitro groups is 1. The van der Waals surface area contributed by atoms with Gasteiger partial charge in [0.2, 0.25) is 12.6 Å². The van der Waals surface area contributed by atoms with E-state index in [1.165, 1.54) is 31.4 Å². The number of thioether (sulfide) groups is 1. The number of non-ortho nitro benzene ring substituents is 1. The molecule has 1 amide bonds. The van der Waals surface area contributed by atoms with Crippen LogP contribution in [0.5, 0.6) is 28.7 Å². The number of oxime groups is 1. The van der Waals surface area contributed by atoms with Gasteiger partial charge in [-0.25, -0.2) is 4.79 Å². The molecule has 4 aromatic rings. The summed E-state index contributed by atoms with van der Waals surface area (Å²) in [5.74, 6) is 0.800. The largest absolute Gasteiger partial charge is 0.493 e. The van der Waals surface area contributed by atoms with E-state index in [1.54, 1.807) is 28.8 Å². The second kappa shape index (κ2) is 22.2.